The highest BCUT2D eigenvalue weighted by Gasteiger charge is 2.32. The highest BCUT2D eigenvalue weighted by atomic mass is 19.4. The number of ketones is 1. The van der Waals surface area contributed by atoms with Crippen LogP contribution in [0.2, 0.25) is 0 Å². The van der Waals surface area contributed by atoms with Crippen molar-refractivity contribution in [1.29, 1.82) is 0 Å². The van der Waals surface area contributed by atoms with Crippen LogP contribution in [-0.2, 0) is 4.79 Å². The van der Waals surface area contributed by atoms with Gasteiger partial charge in [0.25, 0.3) is 0 Å². The third-order valence-corrected chi connectivity index (χ3v) is 2.81. The summed E-state index contributed by atoms with van der Waals surface area (Å²) in [5.41, 5.74) is 0. The molecule has 0 bridgehead atoms. The Hall–Kier alpha value is -0.540. The molecule has 1 rings (SSSR count). The van der Waals surface area contributed by atoms with E-state index in [1.165, 1.54) is 0 Å². The Morgan fingerprint density at radius 3 is 2.43 bits per heavy atom. The Bertz CT molecular complexity index is 210. The summed E-state index contributed by atoms with van der Waals surface area (Å²) in [6.45, 7) is 2.04. The average Bonchev–Trinajstić information content (AvgIpc) is 2.46. The van der Waals surface area contributed by atoms with Gasteiger partial charge in [-0.3, -0.25) is 4.79 Å². The lowest BCUT2D eigenvalue weighted by atomic mass is 9.98. The normalized spacial score (nSPS) is 28.0. The SMILES string of the molecule is CC1CCC(C(=O)CCC(F)(F)F)C1. The van der Waals surface area contributed by atoms with E-state index in [4.69, 9.17) is 0 Å². The van der Waals surface area contributed by atoms with Crippen LogP contribution in [0.25, 0.3) is 0 Å². The fourth-order valence-corrected chi connectivity index (χ4v) is 1.97. The van der Waals surface area contributed by atoms with Gasteiger partial charge < -0.3 is 0 Å². The lowest BCUT2D eigenvalue weighted by molar-refractivity contribution is -0.144. The molecule has 4 heteroatoms. The van der Waals surface area contributed by atoms with Crippen molar-refractivity contribution < 1.29 is 18.0 Å². The fraction of sp³-hybridized carbons (Fsp3) is 0.900. The molecule has 0 aromatic rings. The predicted molar refractivity (Wildman–Crippen MR) is 46.8 cm³/mol. The van der Waals surface area contributed by atoms with Crippen LogP contribution in [0, 0.1) is 11.8 Å². The third-order valence-electron chi connectivity index (χ3n) is 2.81. The van der Waals surface area contributed by atoms with Gasteiger partial charge in [0.1, 0.15) is 5.78 Å². The second-order valence-corrected chi connectivity index (χ2v) is 4.20. The molecular formula is C10H15F3O. The van der Waals surface area contributed by atoms with Crippen LogP contribution < -0.4 is 0 Å². The van der Waals surface area contributed by atoms with Crippen LogP contribution in [0.4, 0.5) is 13.2 Å². The fourth-order valence-electron chi connectivity index (χ4n) is 1.97. The molecule has 1 saturated carbocycles. The standard InChI is InChI=1S/C10H15F3O/c1-7-2-3-8(6-7)9(14)4-5-10(11,12)13/h7-8H,2-6H2,1H3. The van der Waals surface area contributed by atoms with Crippen molar-refractivity contribution in [3.05, 3.63) is 0 Å². The van der Waals surface area contributed by atoms with Gasteiger partial charge in [-0.1, -0.05) is 6.92 Å². The maximum Gasteiger partial charge on any atom is 0.389 e. The van der Waals surface area contributed by atoms with Crippen LogP contribution >= 0.6 is 0 Å². The smallest absolute Gasteiger partial charge is 0.299 e. The zero-order chi connectivity index (χ0) is 10.8. The maximum atomic E-state index is 11.8. The van der Waals surface area contributed by atoms with E-state index in [1.807, 2.05) is 6.92 Å². The van der Waals surface area contributed by atoms with Crippen LogP contribution in [-0.4, -0.2) is 12.0 Å². The monoisotopic (exact) mass is 208 g/mol. The highest BCUT2D eigenvalue weighted by Crippen LogP contribution is 2.33. The molecule has 0 aromatic carbocycles. The molecule has 0 aliphatic heterocycles. The Morgan fingerprint density at radius 1 is 1.36 bits per heavy atom. The van der Waals surface area contributed by atoms with Crippen molar-refractivity contribution in [3.63, 3.8) is 0 Å². The molecule has 0 saturated heterocycles. The average molecular weight is 208 g/mol. The van der Waals surface area contributed by atoms with E-state index in [2.05, 4.69) is 0 Å². The molecule has 0 spiro atoms. The van der Waals surface area contributed by atoms with Crippen molar-refractivity contribution in [2.45, 2.75) is 45.2 Å². The molecule has 0 aromatic heterocycles. The number of carbonyl (C=O) groups is 1. The van der Waals surface area contributed by atoms with Gasteiger partial charge in [0.2, 0.25) is 0 Å². The first kappa shape index (κ1) is 11.5. The number of rotatable bonds is 3. The van der Waals surface area contributed by atoms with E-state index in [1.54, 1.807) is 0 Å². The lowest BCUT2D eigenvalue weighted by Gasteiger charge is -2.09. The van der Waals surface area contributed by atoms with Gasteiger partial charge in [0.05, 0.1) is 6.42 Å². The summed E-state index contributed by atoms with van der Waals surface area (Å²) < 4.78 is 35.5. The Morgan fingerprint density at radius 2 is 2.00 bits per heavy atom. The first-order chi connectivity index (χ1) is 6.38. The number of carbonyl (C=O) groups excluding carboxylic acids is 1. The summed E-state index contributed by atoms with van der Waals surface area (Å²) in [6.07, 6.45) is -2.96. The molecule has 1 aliphatic rings. The summed E-state index contributed by atoms with van der Waals surface area (Å²) in [5.74, 6) is 0.189. The second kappa shape index (κ2) is 4.32. The van der Waals surface area contributed by atoms with Crippen LogP contribution in [0.3, 0.4) is 0 Å². The van der Waals surface area contributed by atoms with Gasteiger partial charge in [0, 0.05) is 12.3 Å². The van der Waals surface area contributed by atoms with Crippen molar-refractivity contribution >= 4 is 5.78 Å². The molecule has 1 aliphatic carbocycles. The molecule has 0 radical (unpaired) electrons. The van der Waals surface area contributed by atoms with E-state index in [0.29, 0.717) is 5.92 Å². The van der Waals surface area contributed by atoms with E-state index in [9.17, 15) is 18.0 Å². The largest absolute Gasteiger partial charge is 0.389 e. The number of Topliss-reactive ketones (excluding diaryl/α,β-unsaturated/α-hetero) is 1. The minimum absolute atomic E-state index is 0.104. The van der Waals surface area contributed by atoms with Gasteiger partial charge in [-0.2, -0.15) is 13.2 Å². The van der Waals surface area contributed by atoms with E-state index in [0.717, 1.165) is 19.3 Å². The van der Waals surface area contributed by atoms with Crippen molar-refractivity contribution in [1.82, 2.24) is 0 Å². The van der Waals surface area contributed by atoms with Gasteiger partial charge in [0.15, 0.2) is 0 Å². The zero-order valence-electron chi connectivity index (χ0n) is 8.23. The number of hydrogen-bond acceptors (Lipinski definition) is 1. The van der Waals surface area contributed by atoms with Crippen molar-refractivity contribution in [2.75, 3.05) is 0 Å². The summed E-state index contributed by atoms with van der Waals surface area (Å²) >= 11 is 0. The molecule has 2 atom stereocenters. The van der Waals surface area contributed by atoms with Crippen LogP contribution in [0.1, 0.15) is 39.0 Å². The molecule has 14 heavy (non-hydrogen) atoms. The maximum absolute atomic E-state index is 11.8. The summed E-state index contributed by atoms with van der Waals surface area (Å²) in [4.78, 5) is 11.3. The molecule has 0 heterocycles. The first-order valence-electron chi connectivity index (χ1n) is 4.98. The summed E-state index contributed by atoms with van der Waals surface area (Å²) in [7, 11) is 0. The van der Waals surface area contributed by atoms with Crippen molar-refractivity contribution in [2.24, 2.45) is 11.8 Å². The van der Waals surface area contributed by atoms with Gasteiger partial charge in [-0.15, -0.1) is 0 Å². The Balaban J connectivity index is 2.29. The van der Waals surface area contributed by atoms with Crippen LogP contribution in [0.15, 0.2) is 0 Å². The van der Waals surface area contributed by atoms with Crippen LogP contribution in [0.5, 0.6) is 0 Å². The predicted octanol–water partition coefficient (Wildman–Crippen LogP) is 3.33. The van der Waals surface area contributed by atoms with E-state index >= 15 is 0 Å². The van der Waals surface area contributed by atoms with Crippen molar-refractivity contribution in [3.8, 4) is 0 Å². The molecule has 0 amide bonds. The first-order valence-corrected chi connectivity index (χ1v) is 4.98. The second-order valence-electron chi connectivity index (χ2n) is 4.20. The molecule has 2 unspecified atom stereocenters. The highest BCUT2D eigenvalue weighted by molar-refractivity contribution is 5.81. The summed E-state index contributed by atoms with van der Waals surface area (Å²) in [5, 5.41) is 0. The molecule has 1 fully saturated rings. The Kier molecular flexibility index (Phi) is 3.56. The number of halogens is 3. The van der Waals surface area contributed by atoms with Gasteiger partial charge in [-0.25, -0.2) is 0 Å². The Labute approximate surface area is 81.7 Å². The van der Waals surface area contributed by atoms with Gasteiger partial charge in [-0.05, 0) is 25.2 Å². The minimum atomic E-state index is -4.19. The zero-order valence-corrected chi connectivity index (χ0v) is 8.23. The number of alkyl halides is 3. The molecule has 1 nitrogen and oxygen atoms in total. The summed E-state index contributed by atoms with van der Waals surface area (Å²) in [6, 6.07) is 0. The molecule has 82 valence electrons. The number of hydrogen-bond donors (Lipinski definition) is 0. The molecule has 0 N–H and O–H groups in total. The minimum Gasteiger partial charge on any atom is -0.299 e. The topological polar surface area (TPSA) is 17.1 Å². The molecular weight excluding hydrogens is 193 g/mol. The lowest BCUT2D eigenvalue weighted by Crippen LogP contribution is -2.16. The van der Waals surface area contributed by atoms with E-state index in [-0.39, 0.29) is 18.1 Å². The van der Waals surface area contributed by atoms with Gasteiger partial charge >= 0.3 is 6.18 Å². The third kappa shape index (κ3) is 3.68. The quantitative estimate of drug-likeness (QED) is 0.695. The van der Waals surface area contributed by atoms with E-state index < -0.39 is 12.6 Å².